The highest BCUT2D eigenvalue weighted by atomic mass is 19.1. The van der Waals surface area contributed by atoms with Crippen molar-refractivity contribution in [2.75, 3.05) is 0 Å². The SMILES string of the molecule is N#C[C@@H]1CC(=O)N1Cc1ccc(F)cc1. The molecule has 1 aliphatic rings. The van der Waals surface area contributed by atoms with E-state index in [1.807, 2.05) is 6.07 Å². The maximum absolute atomic E-state index is 12.6. The molecule has 2 rings (SSSR count). The number of benzene rings is 1. The predicted octanol–water partition coefficient (Wildman–Crippen LogP) is 1.45. The van der Waals surface area contributed by atoms with Crippen LogP contribution in [-0.4, -0.2) is 16.8 Å². The molecular formula is C11H9FN2O. The van der Waals surface area contributed by atoms with E-state index in [0.717, 1.165) is 5.56 Å². The van der Waals surface area contributed by atoms with Gasteiger partial charge in [-0.1, -0.05) is 12.1 Å². The number of β-lactam (4-membered cyclic amide) rings is 1. The molecule has 1 aliphatic heterocycles. The molecule has 1 heterocycles. The summed E-state index contributed by atoms with van der Waals surface area (Å²) in [4.78, 5) is 12.7. The second-order valence-corrected chi connectivity index (χ2v) is 3.50. The minimum atomic E-state index is -0.317. The first-order chi connectivity index (χ1) is 7.20. The zero-order chi connectivity index (χ0) is 10.8. The fourth-order valence-corrected chi connectivity index (χ4v) is 1.55. The Kier molecular flexibility index (Phi) is 2.38. The number of hydrogen-bond donors (Lipinski definition) is 0. The predicted molar refractivity (Wildman–Crippen MR) is 51.0 cm³/mol. The van der Waals surface area contributed by atoms with Crippen LogP contribution in [0.5, 0.6) is 0 Å². The Bertz CT molecular complexity index is 421. The van der Waals surface area contributed by atoms with Crippen LogP contribution >= 0.6 is 0 Å². The molecule has 1 fully saturated rings. The van der Waals surface area contributed by atoms with Crippen LogP contribution in [0, 0.1) is 17.1 Å². The zero-order valence-corrected chi connectivity index (χ0v) is 7.98. The minimum absolute atomic E-state index is 0.0223. The molecule has 1 aromatic carbocycles. The Morgan fingerprint density at radius 2 is 2.13 bits per heavy atom. The molecular weight excluding hydrogens is 195 g/mol. The Labute approximate surface area is 86.7 Å². The van der Waals surface area contributed by atoms with E-state index in [2.05, 4.69) is 0 Å². The van der Waals surface area contributed by atoms with Gasteiger partial charge >= 0.3 is 0 Å². The molecule has 0 radical (unpaired) electrons. The van der Waals surface area contributed by atoms with Crippen LogP contribution in [0.2, 0.25) is 0 Å². The Hall–Kier alpha value is -1.89. The molecule has 15 heavy (non-hydrogen) atoms. The molecule has 0 spiro atoms. The van der Waals surface area contributed by atoms with Crippen LogP contribution in [0.15, 0.2) is 24.3 Å². The van der Waals surface area contributed by atoms with Gasteiger partial charge in [-0.2, -0.15) is 5.26 Å². The van der Waals surface area contributed by atoms with E-state index in [1.165, 1.54) is 17.0 Å². The topological polar surface area (TPSA) is 44.1 Å². The van der Waals surface area contributed by atoms with Crippen LogP contribution in [-0.2, 0) is 11.3 Å². The van der Waals surface area contributed by atoms with Crippen LogP contribution in [0.25, 0.3) is 0 Å². The highest BCUT2D eigenvalue weighted by Gasteiger charge is 2.35. The molecule has 0 N–H and O–H groups in total. The third kappa shape index (κ3) is 1.82. The summed E-state index contributed by atoms with van der Waals surface area (Å²) in [6.07, 6.45) is 0.303. The van der Waals surface area contributed by atoms with Gasteiger partial charge in [0.15, 0.2) is 0 Å². The van der Waals surface area contributed by atoms with Crippen molar-refractivity contribution >= 4 is 5.91 Å². The quantitative estimate of drug-likeness (QED) is 0.684. The molecule has 1 saturated heterocycles. The summed E-state index contributed by atoms with van der Waals surface area (Å²) < 4.78 is 12.6. The largest absolute Gasteiger partial charge is 0.322 e. The molecule has 0 bridgehead atoms. The van der Waals surface area contributed by atoms with Gasteiger partial charge in [-0.3, -0.25) is 4.79 Å². The van der Waals surface area contributed by atoms with Crippen LogP contribution in [0.4, 0.5) is 4.39 Å². The van der Waals surface area contributed by atoms with Gasteiger partial charge in [0.25, 0.3) is 0 Å². The third-order valence-electron chi connectivity index (χ3n) is 2.48. The van der Waals surface area contributed by atoms with Crippen molar-refractivity contribution in [3.8, 4) is 6.07 Å². The minimum Gasteiger partial charge on any atom is -0.322 e. The summed E-state index contributed by atoms with van der Waals surface area (Å²) in [7, 11) is 0. The number of carbonyl (C=O) groups excluding carboxylic acids is 1. The van der Waals surface area contributed by atoms with Gasteiger partial charge in [-0.05, 0) is 17.7 Å². The number of rotatable bonds is 2. The summed E-state index contributed by atoms with van der Waals surface area (Å²) in [5.41, 5.74) is 0.838. The van der Waals surface area contributed by atoms with Gasteiger partial charge in [-0.25, -0.2) is 4.39 Å². The van der Waals surface area contributed by atoms with Gasteiger partial charge in [-0.15, -0.1) is 0 Å². The summed E-state index contributed by atoms with van der Waals surface area (Å²) in [5, 5.41) is 8.69. The second kappa shape index (κ2) is 3.70. The lowest BCUT2D eigenvalue weighted by atomic mass is 10.0. The summed E-state index contributed by atoms with van der Waals surface area (Å²) in [5.74, 6) is -0.323. The Morgan fingerprint density at radius 1 is 1.47 bits per heavy atom. The van der Waals surface area contributed by atoms with Crippen LogP contribution in [0.3, 0.4) is 0 Å². The highest BCUT2D eigenvalue weighted by molar-refractivity contribution is 5.84. The molecule has 1 aromatic rings. The molecule has 1 atom stereocenters. The fourth-order valence-electron chi connectivity index (χ4n) is 1.55. The van der Waals surface area contributed by atoms with E-state index in [4.69, 9.17) is 5.26 Å². The zero-order valence-electron chi connectivity index (χ0n) is 7.98. The average Bonchev–Trinajstić information content (AvgIpc) is 2.24. The van der Waals surface area contributed by atoms with Crippen molar-refractivity contribution in [3.05, 3.63) is 35.6 Å². The normalized spacial score (nSPS) is 19.6. The van der Waals surface area contributed by atoms with Gasteiger partial charge in [0.05, 0.1) is 12.5 Å². The lowest BCUT2D eigenvalue weighted by Gasteiger charge is -2.35. The van der Waals surface area contributed by atoms with E-state index in [-0.39, 0.29) is 17.8 Å². The maximum atomic E-state index is 12.6. The molecule has 4 heteroatoms. The Balaban J connectivity index is 2.06. The number of nitriles is 1. The van der Waals surface area contributed by atoms with E-state index < -0.39 is 0 Å². The molecule has 0 saturated carbocycles. The van der Waals surface area contributed by atoms with Crippen molar-refractivity contribution < 1.29 is 9.18 Å². The van der Waals surface area contributed by atoms with Crippen molar-refractivity contribution in [3.63, 3.8) is 0 Å². The molecule has 1 amide bonds. The average molecular weight is 204 g/mol. The Morgan fingerprint density at radius 3 is 2.67 bits per heavy atom. The number of carbonyl (C=O) groups is 1. The van der Waals surface area contributed by atoms with Gasteiger partial charge < -0.3 is 4.90 Å². The number of hydrogen-bond acceptors (Lipinski definition) is 2. The van der Waals surface area contributed by atoms with Crippen molar-refractivity contribution in [2.24, 2.45) is 0 Å². The van der Waals surface area contributed by atoms with Crippen LogP contribution in [0.1, 0.15) is 12.0 Å². The molecule has 76 valence electrons. The fraction of sp³-hybridized carbons (Fsp3) is 0.273. The number of halogens is 1. The van der Waals surface area contributed by atoms with Crippen molar-refractivity contribution in [2.45, 2.75) is 19.0 Å². The van der Waals surface area contributed by atoms with E-state index >= 15 is 0 Å². The first kappa shape index (κ1) is 9.66. The van der Waals surface area contributed by atoms with Gasteiger partial charge in [0, 0.05) is 6.54 Å². The number of amides is 1. The van der Waals surface area contributed by atoms with Gasteiger partial charge in [0.2, 0.25) is 5.91 Å². The summed E-state index contributed by atoms with van der Waals surface area (Å²) in [6.45, 7) is 0.386. The molecule has 3 nitrogen and oxygen atoms in total. The van der Waals surface area contributed by atoms with Gasteiger partial charge in [0.1, 0.15) is 11.9 Å². The second-order valence-electron chi connectivity index (χ2n) is 3.50. The monoisotopic (exact) mass is 204 g/mol. The smallest absolute Gasteiger partial charge is 0.227 e. The highest BCUT2D eigenvalue weighted by Crippen LogP contribution is 2.21. The third-order valence-corrected chi connectivity index (χ3v) is 2.48. The maximum Gasteiger partial charge on any atom is 0.227 e. The lowest BCUT2D eigenvalue weighted by Crippen LogP contribution is -2.50. The van der Waals surface area contributed by atoms with Crippen molar-refractivity contribution in [1.29, 1.82) is 5.26 Å². The summed E-state index contributed by atoms with van der Waals surface area (Å²) >= 11 is 0. The van der Waals surface area contributed by atoms with Crippen molar-refractivity contribution in [1.82, 2.24) is 4.90 Å². The van der Waals surface area contributed by atoms with E-state index in [0.29, 0.717) is 13.0 Å². The van der Waals surface area contributed by atoms with Crippen LogP contribution < -0.4 is 0 Å². The standard InChI is InChI=1S/C11H9FN2O/c12-9-3-1-8(2-4-9)7-14-10(6-13)5-11(14)15/h1-4,10H,5,7H2/t10-/m0/s1. The first-order valence-corrected chi connectivity index (χ1v) is 4.64. The lowest BCUT2D eigenvalue weighted by molar-refractivity contribution is -0.144. The molecule has 0 unspecified atom stereocenters. The number of likely N-dealkylation sites (tertiary alicyclic amines) is 1. The summed E-state index contributed by atoms with van der Waals surface area (Å²) in [6, 6.07) is 7.66. The van der Waals surface area contributed by atoms with E-state index in [9.17, 15) is 9.18 Å². The first-order valence-electron chi connectivity index (χ1n) is 4.64. The van der Waals surface area contributed by atoms with E-state index in [1.54, 1.807) is 12.1 Å². The number of nitrogens with zero attached hydrogens (tertiary/aromatic N) is 2. The molecule has 0 aliphatic carbocycles. The molecule has 0 aromatic heterocycles.